The van der Waals surface area contributed by atoms with E-state index in [1.165, 1.54) is 14.7 Å². The van der Waals surface area contributed by atoms with Crippen molar-refractivity contribution in [2.24, 2.45) is 17.6 Å². The van der Waals surface area contributed by atoms with Gasteiger partial charge < -0.3 is 25.5 Å². The van der Waals surface area contributed by atoms with Gasteiger partial charge in [-0.15, -0.1) is 0 Å². The van der Waals surface area contributed by atoms with Crippen LogP contribution in [0.5, 0.6) is 0 Å². The fourth-order valence-electron chi connectivity index (χ4n) is 4.49. The second-order valence-electron chi connectivity index (χ2n) is 9.13. The maximum absolute atomic E-state index is 13.5. The topological polar surface area (TPSA) is 124 Å². The molecule has 9 nitrogen and oxygen atoms in total. The standard InChI is InChI=1S/C21H36N4O5/c1-12(2)16(22)19(27)23(5)17(13(3)4)20(28)24-10-6-8-14(24)18(26)25-11-7-9-15(25)21(29)30/h12-17H,6-11,22H2,1-5H3,(H,29,30)/t14-,15-,16-,17-/m0/s1. The summed E-state index contributed by atoms with van der Waals surface area (Å²) in [5.74, 6) is -2.12. The van der Waals surface area contributed by atoms with Crippen molar-refractivity contribution in [2.45, 2.75) is 77.5 Å². The molecule has 2 saturated heterocycles. The third-order valence-electron chi connectivity index (χ3n) is 6.29. The van der Waals surface area contributed by atoms with E-state index in [9.17, 15) is 24.3 Å². The van der Waals surface area contributed by atoms with Crippen LogP contribution in [0.15, 0.2) is 0 Å². The third kappa shape index (κ3) is 4.77. The lowest BCUT2D eigenvalue weighted by atomic mass is 9.97. The number of carbonyl (C=O) groups is 4. The van der Waals surface area contributed by atoms with E-state index >= 15 is 0 Å². The number of hydrogen-bond donors (Lipinski definition) is 2. The average Bonchev–Trinajstić information content (AvgIpc) is 3.35. The zero-order chi connectivity index (χ0) is 22.7. The number of carbonyl (C=O) groups excluding carboxylic acids is 3. The predicted octanol–water partition coefficient (Wildman–Crippen LogP) is 0.519. The summed E-state index contributed by atoms with van der Waals surface area (Å²) < 4.78 is 0. The molecule has 0 aromatic carbocycles. The Bertz CT molecular complexity index is 680. The second-order valence-corrected chi connectivity index (χ2v) is 9.13. The van der Waals surface area contributed by atoms with Crippen LogP contribution < -0.4 is 5.73 Å². The van der Waals surface area contributed by atoms with Crippen molar-refractivity contribution in [3.8, 4) is 0 Å². The summed E-state index contributed by atoms with van der Waals surface area (Å²) in [6, 6.07) is -2.95. The summed E-state index contributed by atoms with van der Waals surface area (Å²) in [7, 11) is 1.58. The van der Waals surface area contributed by atoms with Crippen molar-refractivity contribution in [1.82, 2.24) is 14.7 Å². The van der Waals surface area contributed by atoms with Gasteiger partial charge in [0.25, 0.3) is 0 Å². The number of likely N-dealkylation sites (N-methyl/N-ethyl adjacent to an activating group) is 1. The Balaban J connectivity index is 2.22. The number of hydrogen-bond acceptors (Lipinski definition) is 5. The van der Waals surface area contributed by atoms with Gasteiger partial charge in [0.1, 0.15) is 18.1 Å². The molecule has 0 unspecified atom stereocenters. The molecule has 0 radical (unpaired) electrons. The molecule has 3 N–H and O–H groups in total. The zero-order valence-electron chi connectivity index (χ0n) is 18.7. The lowest BCUT2D eigenvalue weighted by Crippen LogP contribution is -2.59. The molecule has 3 amide bonds. The quantitative estimate of drug-likeness (QED) is 0.614. The van der Waals surface area contributed by atoms with Gasteiger partial charge in [-0.25, -0.2) is 4.79 Å². The number of amides is 3. The van der Waals surface area contributed by atoms with Gasteiger partial charge in [-0.2, -0.15) is 0 Å². The molecule has 30 heavy (non-hydrogen) atoms. The Morgan fingerprint density at radius 2 is 1.47 bits per heavy atom. The molecule has 2 aliphatic rings. The van der Waals surface area contributed by atoms with Crippen LogP contribution in [0.1, 0.15) is 53.4 Å². The molecule has 4 atom stereocenters. The van der Waals surface area contributed by atoms with Crippen molar-refractivity contribution in [3.63, 3.8) is 0 Å². The second kappa shape index (κ2) is 9.76. The van der Waals surface area contributed by atoms with Crippen molar-refractivity contribution in [1.29, 1.82) is 0 Å². The average molecular weight is 425 g/mol. The minimum atomic E-state index is -1.01. The number of nitrogens with two attached hydrogens (primary N) is 1. The van der Waals surface area contributed by atoms with Gasteiger partial charge in [0.2, 0.25) is 17.7 Å². The highest BCUT2D eigenvalue weighted by Gasteiger charge is 2.45. The highest BCUT2D eigenvalue weighted by Crippen LogP contribution is 2.27. The van der Waals surface area contributed by atoms with Gasteiger partial charge in [-0.1, -0.05) is 27.7 Å². The first-order valence-electron chi connectivity index (χ1n) is 10.8. The Morgan fingerprint density at radius 3 is 1.97 bits per heavy atom. The first kappa shape index (κ1) is 24.1. The molecule has 0 aliphatic carbocycles. The van der Waals surface area contributed by atoms with Crippen LogP contribution in [0.25, 0.3) is 0 Å². The van der Waals surface area contributed by atoms with E-state index in [1.807, 2.05) is 27.7 Å². The first-order chi connectivity index (χ1) is 14.0. The minimum absolute atomic E-state index is 0.0629. The van der Waals surface area contributed by atoms with Gasteiger partial charge in [-0.3, -0.25) is 14.4 Å². The maximum Gasteiger partial charge on any atom is 0.326 e. The van der Waals surface area contributed by atoms with E-state index in [0.717, 1.165) is 0 Å². The highest BCUT2D eigenvalue weighted by atomic mass is 16.4. The molecule has 170 valence electrons. The zero-order valence-corrected chi connectivity index (χ0v) is 18.7. The number of rotatable bonds is 7. The van der Waals surface area contributed by atoms with Crippen LogP contribution in [-0.4, -0.2) is 87.8 Å². The van der Waals surface area contributed by atoms with Crippen LogP contribution in [0, 0.1) is 11.8 Å². The van der Waals surface area contributed by atoms with Crippen LogP contribution >= 0.6 is 0 Å². The largest absolute Gasteiger partial charge is 0.480 e. The monoisotopic (exact) mass is 424 g/mol. The van der Waals surface area contributed by atoms with Gasteiger partial charge >= 0.3 is 5.97 Å². The Labute approximate surface area is 178 Å². The van der Waals surface area contributed by atoms with Crippen LogP contribution in [-0.2, 0) is 19.2 Å². The Kier molecular flexibility index (Phi) is 7.85. The molecule has 2 rings (SSSR count). The van der Waals surface area contributed by atoms with E-state index in [1.54, 1.807) is 7.05 Å². The molecule has 2 fully saturated rings. The molecular weight excluding hydrogens is 388 g/mol. The molecule has 0 spiro atoms. The third-order valence-corrected chi connectivity index (χ3v) is 6.29. The number of nitrogens with zero attached hydrogens (tertiary/aromatic N) is 3. The Hall–Kier alpha value is -2.16. The van der Waals surface area contributed by atoms with E-state index in [0.29, 0.717) is 38.8 Å². The number of aliphatic carboxylic acids is 1. The summed E-state index contributed by atoms with van der Waals surface area (Å²) in [4.78, 5) is 55.2. The molecule has 2 heterocycles. The van der Waals surface area contributed by atoms with E-state index in [2.05, 4.69) is 0 Å². The minimum Gasteiger partial charge on any atom is -0.480 e. The SMILES string of the molecule is CC(C)[C@H](N)C(=O)N(C)[C@H](C(=O)N1CCC[C@H]1C(=O)N1CCC[C@H]1C(=O)O)C(C)C. The lowest BCUT2D eigenvalue weighted by Gasteiger charge is -2.37. The number of likely N-dealkylation sites (tertiary alicyclic amines) is 2. The predicted molar refractivity (Wildman–Crippen MR) is 111 cm³/mol. The van der Waals surface area contributed by atoms with E-state index in [-0.39, 0.29) is 29.6 Å². The normalized spacial score (nSPS) is 23.7. The molecule has 0 bridgehead atoms. The molecule has 0 aromatic rings. The van der Waals surface area contributed by atoms with Gasteiger partial charge in [-0.05, 0) is 37.5 Å². The van der Waals surface area contributed by atoms with Crippen LogP contribution in [0.3, 0.4) is 0 Å². The molecule has 0 aromatic heterocycles. The molecule has 2 aliphatic heterocycles. The summed E-state index contributed by atoms with van der Waals surface area (Å²) >= 11 is 0. The van der Waals surface area contributed by atoms with Crippen molar-refractivity contribution in [3.05, 3.63) is 0 Å². The van der Waals surface area contributed by atoms with Crippen LogP contribution in [0.2, 0.25) is 0 Å². The van der Waals surface area contributed by atoms with Gasteiger partial charge in [0, 0.05) is 20.1 Å². The van der Waals surface area contributed by atoms with E-state index < -0.39 is 30.1 Å². The van der Waals surface area contributed by atoms with Crippen molar-refractivity contribution >= 4 is 23.7 Å². The molecular formula is C21H36N4O5. The van der Waals surface area contributed by atoms with Crippen molar-refractivity contribution in [2.75, 3.05) is 20.1 Å². The summed E-state index contributed by atoms with van der Waals surface area (Å²) in [6.45, 7) is 8.24. The summed E-state index contributed by atoms with van der Waals surface area (Å²) in [5, 5.41) is 9.41. The number of carboxylic acids is 1. The summed E-state index contributed by atoms with van der Waals surface area (Å²) in [5.41, 5.74) is 6.02. The van der Waals surface area contributed by atoms with Crippen LogP contribution in [0.4, 0.5) is 0 Å². The fourth-order valence-corrected chi connectivity index (χ4v) is 4.49. The Morgan fingerprint density at radius 1 is 0.933 bits per heavy atom. The van der Waals surface area contributed by atoms with E-state index in [4.69, 9.17) is 5.73 Å². The fraction of sp³-hybridized carbons (Fsp3) is 0.810. The molecule has 9 heteroatoms. The smallest absolute Gasteiger partial charge is 0.326 e. The molecule has 0 saturated carbocycles. The van der Waals surface area contributed by atoms with Gasteiger partial charge in [0.15, 0.2) is 0 Å². The lowest BCUT2D eigenvalue weighted by molar-refractivity contribution is -0.154. The van der Waals surface area contributed by atoms with Gasteiger partial charge in [0.05, 0.1) is 6.04 Å². The number of carboxylic acid groups (broad SMARTS) is 1. The first-order valence-corrected chi connectivity index (χ1v) is 10.8. The highest BCUT2D eigenvalue weighted by molar-refractivity contribution is 5.94. The maximum atomic E-state index is 13.5. The van der Waals surface area contributed by atoms with Crippen molar-refractivity contribution < 1.29 is 24.3 Å². The summed E-state index contributed by atoms with van der Waals surface area (Å²) in [6.07, 6.45) is 2.24.